The number of amidine groups is 1. The van der Waals surface area contributed by atoms with Crippen LogP contribution in [0.15, 0.2) is 51.2 Å². The SMILES string of the molecule is C/C=C(F)\C=C(\C1=NCCCN1)C(C)SCc1cc(Br)ccc1C.CC. The van der Waals surface area contributed by atoms with Crippen LogP contribution in [-0.4, -0.2) is 24.2 Å². The van der Waals surface area contributed by atoms with E-state index < -0.39 is 0 Å². The van der Waals surface area contributed by atoms with Gasteiger partial charge in [-0.15, -0.1) is 11.8 Å². The van der Waals surface area contributed by atoms with Gasteiger partial charge in [-0.2, -0.15) is 0 Å². The van der Waals surface area contributed by atoms with Gasteiger partial charge in [-0.1, -0.05) is 41.9 Å². The molecule has 0 aromatic heterocycles. The van der Waals surface area contributed by atoms with Crippen LogP contribution in [0.5, 0.6) is 0 Å². The molecular formula is C21H30BrFN2S. The van der Waals surface area contributed by atoms with E-state index in [1.807, 2.05) is 13.8 Å². The van der Waals surface area contributed by atoms with Gasteiger partial charge in [0.05, 0.1) is 0 Å². The Kier molecular flexibility index (Phi) is 10.9. The Hall–Kier alpha value is -1.07. The van der Waals surface area contributed by atoms with E-state index in [4.69, 9.17) is 0 Å². The minimum Gasteiger partial charge on any atom is -0.370 e. The van der Waals surface area contributed by atoms with E-state index in [2.05, 4.69) is 58.3 Å². The summed E-state index contributed by atoms with van der Waals surface area (Å²) in [7, 11) is 0. The van der Waals surface area contributed by atoms with Crippen LogP contribution in [0.4, 0.5) is 4.39 Å². The second kappa shape index (κ2) is 12.3. The first-order valence-electron chi connectivity index (χ1n) is 9.20. The van der Waals surface area contributed by atoms with Crippen molar-refractivity contribution in [1.29, 1.82) is 0 Å². The molecule has 0 bridgehead atoms. The second-order valence-electron chi connectivity index (χ2n) is 5.81. The molecule has 5 heteroatoms. The van der Waals surface area contributed by atoms with Crippen molar-refractivity contribution in [2.75, 3.05) is 13.1 Å². The van der Waals surface area contributed by atoms with Crippen molar-refractivity contribution >= 4 is 33.5 Å². The molecule has 2 nitrogen and oxygen atoms in total. The molecule has 1 aromatic carbocycles. The molecule has 1 aliphatic heterocycles. The Labute approximate surface area is 170 Å². The second-order valence-corrected chi connectivity index (χ2v) is 8.05. The third-order valence-electron chi connectivity index (χ3n) is 3.98. The predicted molar refractivity (Wildman–Crippen MR) is 119 cm³/mol. The number of allylic oxidation sites excluding steroid dienone is 3. The lowest BCUT2D eigenvalue weighted by atomic mass is 10.1. The van der Waals surface area contributed by atoms with E-state index in [9.17, 15) is 4.39 Å². The van der Waals surface area contributed by atoms with Crippen molar-refractivity contribution < 1.29 is 4.39 Å². The van der Waals surface area contributed by atoms with Crippen molar-refractivity contribution in [3.05, 3.63) is 57.4 Å². The molecule has 1 unspecified atom stereocenters. The Morgan fingerprint density at radius 1 is 1.42 bits per heavy atom. The summed E-state index contributed by atoms with van der Waals surface area (Å²) in [6.45, 7) is 11.7. The van der Waals surface area contributed by atoms with Gasteiger partial charge in [0, 0.05) is 34.1 Å². The maximum absolute atomic E-state index is 13.9. The van der Waals surface area contributed by atoms with Crippen LogP contribution >= 0.6 is 27.7 Å². The van der Waals surface area contributed by atoms with Crippen LogP contribution in [0.1, 0.15) is 45.2 Å². The van der Waals surface area contributed by atoms with Crippen LogP contribution in [-0.2, 0) is 5.75 Å². The quantitative estimate of drug-likeness (QED) is 0.503. The third kappa shape index (κ3) is 7.28. The zero-order valence-corrected chi connectivity index (χ0v) is 18.8. The number of thioether (sulfide) groups is 1. The first-order chi connectivity index (χ1) is 12.5. The molecule has 1 atom stereocenters. The molecule has 1 aromatic rings. The van der Waals surface area contributed by atoms with Crippen molar-refractivity contribution in [2.45, 2.75) is 52.0 Å². The minimum absolute atomic E-state index is 0.151. The lowest BCUT2D eigenvalue weighted by molar-refractivity contribution is 0.662. The maximum Gasteiger partial charge on any atom is 0.125 e. The molecule has 1 N–H and O–H groups in total. The molecule has 0 saturated carbocycles. The standard InChI is InChI=1S/C19H24BrFN2S.C2H6/c1-4-17(21)11-18(19-22-8-5-9-23-19)14(3)24-12-15-10-16(20)7-6-13(15)2;1-2/h4,6-7,10-11,14H,5,8-9,12H2,1-3H3,(H,22,23);1-2H3/b17-4+,18-11+;. The molecule has 26 heavy (non-hydrogen) atoms. The number of benzene rings is 1. The molecule has 2 rings (SSSR count). The highest BCUT2D eigenvalue weighted by molar-refractivity contribution is 9.10. The van der Waals surface area contributed by atoms with Gasteiger partial charge in [0.2, 0.25) is 0 Å². The molecule has 0 radical (unpaired) electrons. The summed E-state index contributed by atoms with van der Waals surface area (Å²) in [5.41, 5.74) is 3.50. The van der Waals surface area contributed by atoms with Crippen molar-refractivity contribution in [3.8, 4) is 0 Å². The predicted octanol–water partition coefficient (Wildman–Crippen LogP) is 6.60. The van der Waals surface area contributed by atoms with E-state index >= 15 is 0 Å². The number of hydrogen-bond donors (Lipinski definition) is 1. The molecule has 1 aliphatic rings. The summed E-state index contributed by atoms with van der Waals surface area (Å²) < 4.78 is 15.0. The summed E-state index contributed by atoms with van der Waals surface area (Å²) in [4.78, 5) is 4.55. The van der Waals surface area contributed by atoms with Gasteiger partial charge in [-0.05, 0) is 56.5 Å². The summed E-state index contributed by atoms with van der Waals surface area (Å²) in [6.07, 6.45) is 4.13. The molecule has 0 amide bonds. The average Bonchev–Trinajstić information content (AvgIpc) is 2.68. The summed E-state index contributed by atoms with van der Waals surface area (Å²) >= 11 is 5.33. The topological polar surface area (TPSA) is 24.4 Å². The van der Waals surface area contributed by atoms with Crippen LogP contribution < -0.4 is 5.32 Å². The average molecular weight is 441 g/mol. The van der Waals surface area contributed by atoms with E-state index in [0.29, 0.717) is 0 Å². The van der Waals surface area contributed by atoms with Crippen molar-refractivity contribution in [1.82, 2.24) is 5.32 Å². The van der Waals surface area contributed by atoms with Crippen LogP contribution in [0, 0.1) is 6.92 Å². The normalized spacial score (nSPS) is 16.2. The minimum atomic E-state index is -0.217. The van der Waals surface area contributed by atoms with E-state index in [-0.39, 0.29) is 11.1 Å². The monoisotopic (exact) mass is 440 g/mol. The fraction of sp³-hybridized carbons (Fsp3) is 0.476. The summed E-state index contributed by atoms with van der Waals surface area (Å²) in [5.74, 6) is 1.50. The van der Waals surface area contributed by atoms with Gasteiger partial charge in [-0.3, -0.25) is 4.99 Å². The van der Waals surface area contributed by atoms with Crippen molar-refractivity contribution in [3.63, 3.8) is 0 Å². The summed E-state index contributed by atoms with van der Waals surface area (Å²) in [6, 6.07) is 6.33. The molecule has 144 valence electrons. The van der Waals surface area contributed by atoms with E-state index in [1.54, 1.807) is 24.8 Å². The molecule has 0 saturated heterocycles. The fourth-order valence-electron chi connectivity index (χ4n) is 2.44. The smallest absolute Gasteiger partial charge is 0.125 e. The zero-order chi connectivity index (χ0) is 19.5. The van der Waals surface area contributed by atoms with Crippen LogP contribution in [0.3, 0.4) is 0 Å². The first-order valence-corrected chi connectivity index (χ1v) is 11.0. The van der Waals surface area contributed by atoms with Gasteiger partial charge < -0.3 is 5.32 Å². The van der Waals surface area contributed by atoms with Gasteiger partial charge in [0.15, 0.2) is 0 Å². The molecule has 0 fully saturated rings. The Balaban J connectivity index is 0.00000163. The van der Waals surface area contributed by atoms with Crippen molar-refractivity contribution in [2.24, 2.45) is 4.99 Å². The van der Waals surface area contributed by atoms with E-state index in [0.717, 1.165) is 41.1 Å². The highest BCUT2D eigenvalue weighted by atomic mass is 79.9. The number of nitrogens with one attached hydrogen (secondary N) is 1. The van der Waals surface area contributed by atoms with Crippen LogP contribution in [0.25, 0.3) is 0 Å². The Morgan fingerprint density at radius 3 is 2.77 bits per heavy atom. The molecule has 1 heterocycles. The molecule has 0 aliphatic carbocycles. The first kappa shape index (κ1) is 23.0. The molecular weight excluding hydrogens is 411 g/mol. The van der Waals surface area contributed by atoms with Gasteiger partial charge in [0.1, 0.15) is 11.7 Å². The number of rotatable bonds is 6. The highest BCUT2D eigenvalue weighted by Crippen LogP contribution is 2.28. The third-order valence-corrected chi connectivity index (χ3v) is 5.70. The van der Waals surface area contributed by atoms with Gasteiger partial charge in [-0.25, -0.2) is 4.39 Å². The fourth-order valence-corrected chi connectivity index (χ4v) is 3.94. The maximum atomic E-state index is 13.9. The lowest BCUT2D eigenvalue weighted by Gasteiger charge is -2.22. The summed E-state index contributed by atoms with van der Waals surface area (Å²) in [5, 5.41) is 3.47. The van der Waals surface area contributed by atoms with Gasteiger partial charge >= 0.3 is 0 Å². The van der Waals surface area contributed by atoms with E-state index in [1.165, 1.54) is 17.2 Å². The largest absolute Gasteiger partial charge is 0.370 e. The highest BCUT2D eigenvalue weighted by Gasteiger charge is 2.18. The number of hydrogen-bond acceptors (Lipinski definition) is 3. The Morgan fingerprint density at radius 2 is 2.15 bits per heavy atom. The number of aryl methyl sites for hydroxylation is 1. The number of halogens is 2. The lowest BCUT2D eigenvalue weighted by Crippen LogP contribution is -2.33. The Bertz CT molecular complexity index is 668. The number of aliphatic imine (C=N–C) groups is 1. The molecule has 0 spiro atoms. The zero-order valence-electron chi connectivity index (χ0n) is 16.4. The van der Waals surface area contributed by atoms with Crippen LogP contribution in [0.2, 0.25) is 0 Å². The number of nitrogens with zero attached hydrogens (tertiary/aromatic N) is 1. The van der Waals surface area contributed by atoms with Gasteiger partial charge in [0.25, 0.3) is 0 Å².